The number of rotatable bonds is 5. The predicted molar refractivity (Wildman–Crippen MR) is 123 cm³/mol. The lowest BCUT2D eigenvalue weighted by atomic mass is 10.2. The normalized spacial score (nSPS) is 12.1. The number of para-hydroxylation sites is 2. The molecule has 0 saturated carbocycles. The molecule has 0 aliphatic heterocycles. The van der Waals surface area contributed by atoms with Gasteiger partial charge >= 0.3 is 0 Å². The van der Waals surface area contributed by atoms with Crippen molar-refractivity contribution in [3.63, 3.8) is 0 Å². The van der Waals surface area contributed by atoms with Crippen molar-refractivity contribution in [2.45, 2.75) is 19.5 Å². The molecule has 0 fully saturated rings. The first-order chi connectivity index (χ1) is 14.4. The van der Waals surface area contributed by atoms with E-state index in [4.69, 9.17) is 39.8 Å². The Hall–Kier alpha value is -2.53. The highest BCUT2D eigenvalue weighted by Gasteiger charge is 2.20. The van der Waals surface area contributed by atoms with E-state index in [1.165, 1.54) is 0 Å². The molecule has 1 unspecified atom stereocenters. The summed E-state index contributed by atoms with van der Waals surface area (Å²) in [6.45, 7) is 2.42. The third kappa shape index (κ3) is 4.31. The number of hydrogen-bond acceptors (Lipinski definition) is 2. The molecule has 0 saturated heterocycles. The number of aromatic nitrogens is 2. The Morgan fingerprint density at radius 3 is 2.43 bits per heavy atom. The van der Waals surface area contributed by atoms with Crippen molar-refractivity contribution in [2.75, 3.05) is 0 Å². The van der Waals surface area contributed by atoms with E-state index in [9.17, 15) is 4.79 Å². The van der Waals surface area contributed by atoms with Gasteiger partial charge in [0.05, 0.1) is 23.6 Å². The summed E-state index contributed by atoms with van der Waals surface area (Å²) in [6, 6.07) is 19.7. The largest absolute Gasteiger partial charge is 0.342 e. The van der Waals surface area contributed by atoms with Crippen molar-refractivity contribution in [1.82, 2.24) is 14.9 Å². The van der Waals surface area contributed by atoms with Crippen molar-refractivity contribution in [1.29, 1.82) is 0 Å². The van der Waals surface area contributed by atoms with Crippen LogP contribution in [0.3, 0.4) is 0 Å². The summed E-state index contributed by atoms with van der Waals surface area (Å²) in [6.07, 6.45) is 0. The van der Waals surface area contributed by atoms with Gasteiger partial charge in [0.15, 0.2) is 0 Å². The Morgan fingerprint density at radius 2 is 1.70 bits per heavy atom. The standard InChI is InChI=1S/C23H18Cl3N3O/c1-14(27-23(30)15-6-9-17(24)10-7-15)22-28-20-4-2-3-5-21(20)29(22)13-16-8-11-18(25)12-19(16)26/h2-12,14H,13H2,1H3,(H,27,30). The first-order valence-corrected chi connectivity index (χ1v) is 10.5. The molecule has 4 rings (SSSR count). The lowest BCUT2D eigenvalue weighted by Gasteiger charge is -2.17. The van der Waals surface area contributed by atoms with Crippen LogP contribution < -0.4 is 5.32 Å². The Balaban J connectivity index is 1.68. The number of fused-ring (bicyclic) bond motifs is 1. The van der Waals surface area contributed by atoms with Crippen molar-refractivity contribution in [3.05, 3.63) is 98.7 Å². The SMILES string of the molecule is CC(NC(=O)c1ccc(Cl)cc1)c1nc2ccccc2n1Cc1ccc(Cl)cc1Cl. The molecule has 7 heteroatoms. The molecule has 1 atom stereocenters. The zero-order valence-electron chi connectivity index (χ0n) is 16.1. The average molecular weight is 459 g/mol. The van der Waals surface area contributed by atoms with Crippen LogP contribution in [0, 0.1) is 0 Å². The van der Waals surface area contributed by atoms with Crippen LogP contribution in [-0.4, -0.2) is 15.5 Å². The van der Waals surface area contributed by atoms with E-state index in [1.807, 2.05) is 43.3 Å². The second-order valence-corrected chi connectivity index (χ2v) is 8.26. The van der Waals surface area contributed by atoms with Gasteiger partial charge in [0.1, 0.15) is 5.82 Å². The number of halogens is 3. The third-order valence-corrected chi connectivity index (χ3v) is 5.71. The van der Waals surface area contributed by atoms with Crippen LogP contribution >= 0.6 is 34.8 Å². The van der Waals surface area contributed by atoms with Crippen molar-refractivity contribution >= 4 is 51.7 Å². The molecule has 3 aromatic carbocycles. The molecule has 0 bridgehead atoms. The van der Waals surface area contributed by atoms with Crippen LogP contribution in [0.2, 0.25) is 15.1 Å². The number of hydrogen-bond donors (Lipinski definition) is 1. The summed E-state index contributed by atoms with van der Waals surface area (Å²) in [5.74, 6) is 0.548. The van der Waals surface area contributed by atoms with Crippen LogP contribution in [0.5, 0.6) is 0 Å². The Kier molecular flexibility index (Phi) is 6.00. The molecule has 1 aromatic heterocycles. The van der Waals surface area contributed by atoms with Crippen LogP contribution in [-0.2, 0) is 6.54 Å². The van der Waals surface area contributed by atoms with Crippen LogP contribution in [0.15, 0.2) is 66.7 Å². The van der Waals surface area contributed by atoms with Gasteiger partial charge in [0.25, 0.3) is 5.91 Å². The zero-order valence-corrected chi connectivity index (χ0v) is 18.3. The number of carbonyl (C=O) groups excluding carboxylic acids is 1. The van der Waals surface area contributed by atoms with Crippen LogP contribution in [0.1, 0.15) is 34.7 Å². The number of nitrogens with one attached hydrogen (secondary N) is 1. The summed E-state index contributed by atoms with van der Waals surface area (Å²) in [7, 11) is 0. The summed E-state index contributed by atoms with van der Waals surface area (Å²) in [4.78, 5) is 17.5. The Labute approximate surface area is 189 Å². The van der Waals surface area contributed by atoms with Crippen molar-refractivity contribution in [2.24, 2.45) is 0 Å². The van der Waals surface area contributed by atoms with E-state index in [0.29, 0.717) is 27.2 Å². The van der Waals surface area contributed by atoms with Gasteiger partial charge in [0.2, 0.25) is 0 Å². The van der Waals surface area contributed by atoms with Gasteiger partial charge in [0, 0.05) is 20.6 Å². The van der Waals surface area contributed by atoms with E-state index in [0.717, 1.165) is 22.4 Å². The molecule has 4 nitrogen and oxygen atoms in total. The molecule has 1 amide bonds. The lowest BCUT2D eigenvalue weighted by Crippen LogP contribution is -2.28. The summed E-state index contributed by atoms with van der Waals surface area (Å²) in [5, 5.41) is 4.78. The maximum atomic E-state index is 12.7. The average Bonchev–Trinajstić information content (AvgIpc) is 3.09. The third-order valence-electron chi connectivity index (χ3n) is 4.87. The predicted octanol–water partition coefficient (Wildman–Crippen LogP) is 6.54. The smallest absolute Gasteiger partial charge is 0.251 e. The van der Waals surface area contributed by atoms with Gasteiger partial charge in [-0.2, -0.15) is 0 Å². The summed E-state index contributed by atoms with van der Waals surface area (Å²) >= 11 is 18.4. The molecular formula is C23H18Cl3N3O. The van der Waals surface area contributed by atoms with E-state index >= 15 is 0 Å². The molecule has 0 aliphatic rings. The van der Waals surface area contributed by atoms with E-state index < -0.39 is 0 Å². The highest BCUT2D eigenvalue weighted by Crippen LogP contribution is 2.26. The van der Waals surface area contributed by atoms with Gasteiger partial charge in [-0.1, -0.05) is 53.0 Å². The molecule has 0 radical (unpaired) electrons. The maximum absolute atomic E-state index is 12.7. The topological polar surface area (TPSA) is 46.9 Å². The van der Waals surface area contributed by atoms with Crippen LogP contribution in [0.25, 0.3) is 11.0 Å². The Morgan fingerprint density at radius 1 is 1.00 bits per heavy atom. The molecule has 0 spiro atoms. The molecule has 30 heavy (non-hydrogen) atoms. The summed E-state index contributed by atoms with van der Waals surface area (Å²) in [5.41, 5.74) is 3.27. The minimum Gasteiger partial charge on any atom is -0.342 e. The zero-order chi connectivity index (χ0) is 21.3. The first-order valence-electron chi connectivity index (χ1n) is 9.38. The minimum atomic E-state index is -0.327. The van der Waals surface area contributed by atoms with Gasteiger partial charge in [-0.15, -0.1) is 0 Å². The van der Waals surface area contributed by atoms with E-state index in [-0.39, 0.29) is 11.9 Å². The molecule has 152 valence electrons. The minimum absolute atomic E-state index is 0.192. The fraction of sp³-hybridized carbons (Fsp3) is 0.130. The summed E-state index contributed by atoms with van der Waals surface area (Å²) < 4.78 is 2.07. The number of carbonyl (C=O) groups is 1. The van der Waals surface area contributed by atoms with Gasteiger partial charge in [-0.25, -0.2) is 4.98 Å². The van der Waals surface area contributed by atoms with Gasteiger partial charge in [-0.3, -0.25) is 4.79 Å². The highest BCUT2D eigenvalue weighted by molar-refractivity contribution is 6.35. The molecule has 1 heterocycles. The Bertz CT molecular complexity index is 1220. The highest BCUT2D eigenvalue weighted by atomic mass is 35.5. The van der Waals surface area contributed by atoms with Crippen molar-refractivity contribution < 1.29 is 4.79 Å². The molecule has 1 N–H and O–H groups in total. The number of imidazole rings is 1. The first kappa shape index (κ1) is 20.7. The number of amides is 1. The second-order valence-electron chi connectivity index (χ2n) is 6.98. The number of benzene rings is 3. The monoisotopic (exact) mass is 457 g/mol. The van der Waals surface area contributed by atoms with Crippen LogP contribution in [0.4, 0.5) is 0 Å². The lowest BCUT2D eigenvalue weighted by molar-refractivity contribution is 0.0938. The molecule has 4 aromatic rings. The quantitative estimate of drug-likeness (QED) is 0.369. The maximum Gasteiger partial charge on any atom is 0.251 e. The number of nitrogens with zero attached hydrogens (tertiary/aromatic N) is 2. The molecule has 0 aliphatic carbocycles. The van der Waals surface area contributed by atoms with E-state index in [2.05, 4.69) is 9.88 Å². The second kappa shape index (κ2) is 8.68. The fourth-order valence-electron chi connectivity index (χ4n) is 3.36. The fourth-order valence-corrected chi connectivity index (χ4v) is 3.95. The van der Waals surface area contributed by atoms with Crippen molar-refractivity contribution in [3.8, 4) is 0 Å². The van der Waals surface area contributed by atoms with E-state index in [1.54, 1.807) is 30.3 Å². The van der Waals surface area contributed by atoms with Gasteiger partial charge < -0.3 is 9.88 Å². The van der Waals surface area contributed by atoms with Gasteiger partial charge in [-0.05, 0) is 61.0 Å². The molecular weight excluding hydrogens is 441 g/mol.